The Balaban J connectivity index is 3.46. The second-order valence-corrected chi connectivity index (χ2v) is 5.23. The van der Waals surface area contributed by atoms with E-state index in [0.717, 1.165) is 18.8 Å². The van der Waals surface area contributed by atoms with Gasteiger partial charge in [0.1, 0.15) is 5.60 Å². The van der Waals surface area contributed by atoms with Crippen LogP contribution in [0, 0.1) is 5.92 Å². The molecule has 0 aliphatic carbocycles. The molecule has 14 heavy (non-hydrogen) atoms. The number of carbonyl (C=O) groups excluding carboxylic acids is 1. The van der Waals surface area contributed by atoms with Crippen molar-refractivity contribution in [2.45, 2.75) is 65.9 Å². The van der Waals surface area contributed by atoms with Crippen LogP contribution in [0.5, 0.6) is 0 Å². The molecule has 0 atom stereocenters. The number of hydrogen-bond acceptors (Lipinski definition) is 2. The van der Waals surface area contributed by atoms with E-state index in [0.29, 0.717) is 6.42 Å². The van der Waals surface area contributed by atoms with E-state index < -0.39 is 0 Å². The fourth-order valence-corrected chi connectivity index (χ4v) is 1.21. The Labute approximate surface area is 88.0 Å². The second-order valence-electron chi connectivity index (χ2n) is 5.23. The van der Waals surface area contributed by atoms with Gasteiger partial charge in [0, 0.05) is 6.42 Å². The fourth-order valence-electron chi connectivity index (χ4n) is 1.21. The van der Waals surface area contributed by atoms with Gasteiger partial charge < -0.3 is 4.74 Å². The van der Waals surface area contributed by atoms with Gasteiger partial charge in [-0.25, -0.2) is 0 Å². The SMILES string of the molecule is CC(C)CCCCC(=O)OC(C)(C)C. The molecule has 0 aromatic carbocycles. The van der Waals surface area contributed by atoms with E-state index in [2.05, 4.69) is 13.8 Å². The Morgan fingerprint density at radius 2 is 1.79 bits per heavy atom. The summed E-state index contributed by atoms with van der Waals surface area (Å²) in [6.45, 7) is 10.1. The summed E-state index contributed by atoms with van der Waals surface area (Å²) in [6.07, 6.45) is 3.83. The van der Waals surface area contributed by atoms with Crippen LogP contribution in [-0.4, -0.2) is 11.6 Å². The highest BCUT2D eigenvalue weighted by atomic mass is 16.6. The van der Waals surface area contributed by atoms with E-state index in [1.54, 1.807) is 0 Å². The van der Waals surface area contributed by atoms with Crippen LogP contribution in [0.25, 0.3) is 0 Å². The van der Waals surface area contributed by atoms with Crippen LogP contribution >= 0.6 is 0 Å². The number of rotatable bonds is 5. The molecule has 0 rings (SSSR count). The molecular formula is C12H24O2. The predicted molar refractivity (Wildman–Crippen MR) is 59.2 cm³/mol. The molecule has 2 heteroatoms. The highest BCUT2D eigenvalue weighted by molar-refractivity contribution is 5.69. The first-order valence-electron chi connectivity index (χ1n) is 5.53. The first kappa shape index (κ1) is 13.5. The molecule has 0 spiro atoms. The number of ether oxygens (including phenoxy) is 1. The largest absolute Gasteiger partial charge is 0.460 e. The van der Waals surface area contributed by atoms with Gasteiger partial charge >= 0.3 is 5.97 Å². The van der Waals surface area contributed by atoms with Gasteiger partial charge in [0.15, 0.2) is 0 Å². The van der Waals surface area contributed by atoms with Crippen LogP contribution in [0.15, 0.2) is 0 Å². The van der Waals surface area contributed by atoms with Crippen molar-refractivity contribution in [1.82, 2.24) is 0 Å². The molecule has 0 saturated carbocycles. The first-order chi connectivity index (χ1) is 6.31. The molecule has 0 N–H and O–H groups in total. The average Bonchev–Trinajstić information content (AvgIpc) is 1.94. The summed E-state index contributed by atoms with van der Waals surface area (Å²) < 4.78 is 5.21. The minimum atomic E-state index is -0.338. The molecule has 0 unspecified atom stereocenters. The second kappa shape index (κ2) is 6.05. The summed E-state index contributed by atoms with van der Waals surface area (Å²) in [7, 11) is 0. The van der Waals surface area contributed by atoms with Crippen molar-refractivity contribution < 1.29 is 9.53 Å². The van der Waals surface area contributed by atoms with Crippen molar-refractivity contribution in [3.63, 3.8) is 0 Å². The average molecular weight is 200 g/mol. The maximum Gasteiger partial charge on any atom is 0.306 e. The molecule has 0 bridgehead atoms. The third-order valence-electron chi connectivity index (χ3n) is 1.83. The lowest BCUT2D eigenvalue weighted by Gasteiger charge is -2.19. The topological polar surface area (TPSA) is 26.3 Å². The highest BCUT2D eigenvalue weighted by Crippen LogP contribution is 2.12. The van der Waals surface area contributed by atoms with E-state index in [4.69, 9.17) is 4.74 Å². The number of unbranched alkanes of at least 4 members (excludes halogenated alkanes) is 1. The maximum atomic E-state index is 11.3. The summed E-state index contributed by atoms with van der Waals surface area (Å²) in [4.78, 5) is 11.3. The van der Waals surface area contributed by atoms with Crippen LogP contribution < -0.4 is 0 Å². The fraction of sp³-hybridized carbons (Fsp3) is 0.917. The highest BCUT2D eigenvalue weighted by Gasteiger charge is 2.15. The standard InChI is InChI=1S/C12H24O2/c1-10(2)8-6-7-9-11(13)14-12(3,4)5/h10H,6-9H2,1-5H3. The van der Waals surface area contributed by atoms with Crippen LogP contribution in [-0.2, 0) is 9.53 Å². The molecule has 0 radical (unpaired) electrons. The van der Waals surface area contributed by atoms with Crippen LogP contribution in [0.3, 0.4) is 0 Å². The molecule has 84 valence electrons. The zero-order chi connectivity index (χ0) is 11.2. The van der Waals surface area contributed by atoms with Crippen molar-refractivity contribution in [2.75, 3.05) is 0 Å². The summed E-state index contributed by atoms with van der Waals surface area (Å²) in [5.41, 5.74) is -0.338. The summed E-state index contributed by atoms with van der Waals surface area (Å²) in [5, 5.41) is 0. The number of hydrogen-bond donors (Lipinski definition) is 0. The predicted octanol–water partition coefficient (Wildman–Crippen LogP) is 3.54. The van der Waals surface area contributed by atoms with Crippen molar-refractivity contribution in [3.05, 3.63) is 0 Å². The maximum absolute atomic E-state index is 11.3. The Bertz CT molecular complexity index is 166. The quantitative estimate of drug-likeness (QED) is 0.501. The minimum Gasteiger partial charge on any atom is -0.460 e. The zero-order valence-corrected chi connectivity index (χ0v) is 10.2. The van der Waals surface area contributed by atoms with E-state index in [1.165, 1.54) is 6.42 Å². The molecule has 0 saturated heterocycles. The van der Waals surface area contributed by atoms with Crippen molar-refractivity contribution in [2.24, 2.45) is 5.92 Å². The number of esters is 1. The summed E-state index contributed by atoms with van der Waals surface area (Å²) in [5.74, 6) is 0.662. The molecule has 0 aliphatic rings. The summed E-state index contributed by atoms with van der Waals surface area (Å²) >= 11 is 0. The molecule has 0 fully saturated rings. The van der Waals surface area contributed by atoms with Crippen LogP contribution in [0.1, 0.15) is 60.3 Å². The van der Waals surface area contributed by atoms with E-state index >= 15 is 0 Å². The lowest BCUT2D eigenvalue weighted by Crippen LogP contribution is -2.23. The Morgan fingerprint density at radius 1 is 1.21 bits per heavy atom. The van der Waals surface area contributed by atoms with Gasteiger partial charge in [-0.1, -0.05) is 26.7 Å². The zero-order valence-electron chi connectivity index (χ0n) is 10.2. The number of carbonyl (C=O) groups is 1. The monoisotopic (exact) mass is 200 g/mol. The minimum absolute atomic E-state index is 0.0683. The third kappa shape index (κ3) is 9.56. The Hall–Kier alpha value is -0.530. The lowest BCUT2D eigenvalue weighted by molar-refractivity contribution is -0.154. The van der Waals surface area contributed by atoms with Crippen LogP contribution in [0.2, 0.25) is 0 Å². The lowest BCUT2D eigenvalue weighted by atomic mass is 10.1. The molecule has 0 heterocycles. The van der Waals surface area contributed by atoms with Gasteiger partial charge in [-0.3, -0.25) is 4.79 Å². The molecule has 0 aliphatic heterocycles. The first-order valence-corrected chi connectivity index (χ1v) is 5.53. The molecule has 0 aromatic heterocycles. The van der Waals surface area contributed by atoms with Crippen molar-refractivity contribution in [3.8, 4) is 0 Å². The van der Waals surface area contributed by atoms with Gasteiger partial charge in [-0.2, -0.15) is 0 Å². The van der Waals surface area contributed by atoms with Crippen molar-refractivity contribution >= 4 is 5.97 Å². The smallest absolute Gasteiger partial charge is 0.306 e. The van der Waals surface area contributed by atoms with Gasteiger partial charge in [-0.05, 0) is 33.1 Å². The Morgan fingerprint density at radius 3 is 2.21 bits per heavy atom. The van der Waals surface area contributed by atoms with Gasteiger partial charge in [0.25, 0.3) is 0 Å². The molecule has 0 aromatic rings. The third-order valence-corrected chi connectivity index (χ3v) is 1.83. The van der Waals surface area contributed by atoms with Gasteiger partial charge in [0.2, 0.25) is 0 Å². The van der Waals surface area contributed by atoms with Gasteiger partial charge in [-0.15, -0.1) is 0 Å². The molecule has 0 amide bonds. The van der Waals surface area contributed by atoms with E-state index in [1.807, 2.05) is 20.8 Å². The molecule has 2 nitrogen and oxygen atoms in total. The van der Waals surface area contributed by atoms with Crippen LogP contribution in [0.4, 0.5) is 0 Å². The van der Waals surface area contributed by atoms with Gasteiger partial charge in [0.05, 0.1) is 0 Å². The normalized spacial score (nSPS) is 11.9. The Kier molecular flexibility index (Phi) is 5.82. The van der Waals surface area contributed by atoms with Crippen molar-refractivity contribution in [1.29, 1.82) is 0 Å². The van der Waals surface area contributed by atoms with E-state index in [9.17, 15) is 4.79 Å². The van der Waals surface area contributed by atoms with E-state index in [-0.39, 0.29) is 11.6 Å². The summed E-state index contributed by atoms with van der Waals surface area (Å²) in [6, 6.07) is 0. The molecular weight excluding hydrogens is 176 g/mol.